The lowest BCUT2D eigenvalue weighted by Gasteiger charge is -2.07. The Morgan fingerprint density at radius 2 is 2.12 bits per heavy atom. The highest BCUT2D eigenvalue weighted by Crippen LogP contribution is 2.27. The molecule has 0 saturated carbocycles. The molecule has 0 spiro atoms. The Kier molecular flexibility index (Phi) is 4.58. The number of nitrogens with two attached hydrogens (primary N) is 1. The highest BCUT2D eigenvalue weighted by molar-refractivity contribution is 5.47. The standard InChI is InChI=1S/C9H14N4O4/c1-6-7(13(14)15)8(12-9(10)11-6)17-5-3-4-16-2/h3-5H2,1-2H3,(H2,10,11,12). The Balaban J connectivity index is 2.85. The van der Waals surface area contributed by atoms with Gasteiger partial charge in [-0.05, 0) is 6.92 Å². The molecule has 0 aromatic carbocycles. The molecule has 0 saturated heterocycles. The lowest BCUT2D eigenvalue weighted by Crippen LogP contribution is -2.09. The minimum atomic E-state index is -0.583. The largest absolute Gasteiger partial charge is 0.473 e. The Bertz CT molecular complexity index is 410. The fourth-order valence-electron chi connectivity index (χ4n) is 1.24. The maximum absolute atomic E-state index is 10.8. The summed E-state index contributed by atoms with van der Waals surface area (Å²) < 4.78 is 10.0. The fourth-order valence-corrected chi connectivity index (χ4v) is 1.24. The van der Waals surface area contributed by atoms with Crippen LogP contribution in [0.15, 0.2) is 0 Å². The summed E-state index contributed by atoms with van der Waals surface area (Å²) in [5, 5.41) is 10.8. The Hall–Kier alpha value is -1.96. The molecule has 0 radical (unpaired) electrons. The Morgan fingerprint density at radius 1 is 1.41 bits per heavy atom. The van der Waals surface area contributed by atoms with Gasteiger partial charge in [-0.2, -0.15) is 4.98 Å². The number of hydrogen-bond donors (Lipinski definition) is 1. The van der Waals surface area contributed by atoms with Crippen LogP contribution in [0.25, 0.3) is 0 Å². The summed E-state index contributed by atoms with van der Waals surface area (Å²) in [5.74, 6) is -0.147. The zero-order chi connectivity index (χ0) is 12.8. The van der Waals surface area contributed by atoms with Crippen molar-refractivity contribution in [2.75, 3.05) is 26.1 Å². The van der Waals surface area contributed by atoms with Crippen LogP contribution in [0.5, 0.6) is 5.88 Å². The third-order valence-corrected chi connectivity index (χ3v) is 1.96. The van der Waals surface area contributed by atoms with E-state index in [0.29, 0.717) is 13.0 Å². The number of aromatic nitrogens is 2. The van der Waals surface area contributed by atoms with Crippen molar-refractivity contribution in [3.8, 4) is 5.88 Å². The van der Waals surface area contributed by atoms with Crippen LogP contribution in [0, 0.1) is 17.0 Å². The summed E-state index contributed by atoms with van der Waals surface area (Å²) >= 11 is 0. The number of nitro groups is 1. The van der Waals surface area contributed by atoms with Gasteiger partial charge in [0.15, 0.2) is 0 Å². The topological polar surface area (TPSA) is 113 Å². The molecule has 8 nitrogen and oxygen atoms in total. The van der Waals surface area contributed by atoms with Gasteiger partial charge in [0.05, 0.1) is 11.5 Å². The quantitative estimate of drug-likeness (QED) is 0.443. The lowest BCUT2D eigenvalue weighted by atomic mass is 10.3. The van der Waals surface area contributed by atoms with E-state index < -0.39 is 4.92 Å². The van der Waals surface area contributed by atoms with Crippen LogP contribution in [0.2, 0.25) is 0 Å². The zero-order valence-corrected chi connectivity index (χ0v) is 9.67. The highest BCUT2D eigenvalue weighted by Gasteiger charge is 2.22. The lowest BCUT2D eigenvalue weighted by molar-refractivity contribution is -0.387. The third kappa shape index (κ3) is 3.52. The zero-order valence-electron chi connectivity index (χ0n) is 9.67. The molecule has 0 fully saturated rings. The monoisotopic (exact) mass is 242 g/mol. The van der Waals surface area contributed by atoms with Gasteiger partial charge in [-0.25, -0.2) is 4.98 Å². The molecule has 2 N–H and O–H groups in total. The molecule has 0 aliphatic rings. The second kappa shape index (κ2) is 5.94. The van der Waals surface area contributed by atoms with Gasteiger partial charge in [0, 0.05) is 20.1 Å². The first-order valence-electron chi connectivity index (χ1n) is 4.96. The molecule has 0 aliphatic heterocycles. The van der Waals surface area contributed by atoms with Gasteiger partial charge in [-0.1, -0.05) is 0 Å². The van der Waals surface area contributed by atoms with Gasteiger partial charge in [-0.3, -0.25) is 10.1 Å². The van der Waals surface area contributed by atoms with E-state index in [1.54, 1.807) is 7.11 Å². The first-order valence-corrected chi connectivity index (χ1v) is 4.96. The van der Waals surface area contributed by atoms with E-state index in [2.05, 4.69) is 9.97 Å². The van der Waals surface area contributed by atoms with Crippen molar-refractivity contribution in [1.29, 1.82) is 0 Å². The summed E-state index contributed by atoms with van der Waals surface area (Å²) in [4.78, 5) is 17.7. The molecular formula is C9H14N4O4. The Labute approximate surface area is 97.9 Å². The van der Waals surface area contributed by atoms with Gasteiger partial charge in [0.2, 0.25) is 5.95 Å². The minimum Gasteiger partial charge on any atom is -0.473 e. The van der Waals surface area contributed by atoms with Crippen molar-refractivity contribution < 1.29 is 14.4 Å². The van der Waals surface area contributed by atoms with Crippen LogP contribution < -0.4 is 10.5 Å². The molecule has 0 unspecified atom stereocenters. The van der Waals surface area contributed by atoms with Gasteiger partial charge < -0.3 is 15.2 Å². The first kappa shape index (κ1) is 13.1. The molecular weight excluding hydrogens is 228 g/mol. The van der Waals surface area contributed by atoms with Crippen molar-refractivity contribution in [2.45, 2.75) is 13.3 Å². The number of anilines is 1. The minimum absolute atomic E-state index is 0.0464. The van der Waals surface area contributed by atoms with Crippen molar-refractivity contribution in [2.24, 2.45) is 0 Å². The molecule has 0 aliphatic carbocycles. The average Bonchev–Trinajstić information content (AvgIpc) is 2.22. The predicted molar refractivity (Wildman–Crippen MR) is 59.8 cm³/mol. The second-order valence-electron chi connectivity index (χ2n) is 3.27. The van der Waals surface area contributed by atoms with E-state index in [9.17, 15) is 10.1 Å². The Morgan fingerprint density at radius 3 is 2.71 bits per heavy atom. The summed E-state index contributed by atoms with van der Waals surface area (Å²) in [7, 11) is 1.56. The van der Waals surface area contributed by atoms with E-state index >= 15 is 0 Å². The van der Waals surface area contributed by atoms with Gasteiger partial charge in [-0.15, -0.1) is 0 Å². The molecule has 8 heteroatoms. The van der Waals surface area contributed by atoms with Crippen LogP contribution in [0.3, 0.4) is 0 Å². The molecule has 17 heavy (non-hydrogen) atoms. The van der Waals surface area contributed by atoms with Crippen LogP contribution in [0.4, 0.5) is 11.6 Å². The van der Waals surface area contributed by atoms with Crippen LogP contribution >= 0.6 is 0 Å². The fraction of sp³-hybridized carbons (Fsp3) is 0.556. The van der Waals surface area contributed by atoms with Crippen LogP contribution in [0.1, 0.15) is 12.1 Å². The van der Waals surface area contributed by atoms with E-state index in [0.717, 1.165) is 0 Å². The maximum Gasteiger partial charge on any atom is 0.352 e. The van der Waals surface area contributed by atoms with Gasteiger partial charge in [0.1, 0.15) is 5.69 Å². The molecule has 0 bridgehead atoms. The van der Waals surface area contributed by atoms with Crippen LogP contribution in [-0.4, -0.2) is 35.2 Å². The molecule has 1 heterocycles. The summed E-state index contributed by atoms with van der Waals surface area (Å²) in [6, 6.07) is 0. The van der Waals surface area contributed by atoms with Gasteiger partial charge >= 0.3 is 5.69 Å². The van der Waals surface area contributed by atoms with Crippen molar-refractivity contribution in [3.05, 3.63) is 15.8 Å². The number of ether oxygens (including phenoxy) is 2. The molecule has 1 aromatic rings. The summed E-state index contributed by atoms with van der Waals surface area (Å²) in [5.41, 5.74) is 5.34. The summed E-state index contributed by atoms with van der Waals surface area (Å²) in [6.07, 6.45) is 0.608. The molecule has 1 aromatic heterocycles. The van der Waals surface area contributed by atoms with Gasteiger partial charge in [0.25, 0.3) is 5.88 Å². The van der Waals surface area contributed by atoms with E-state index in [4.69, 9.17) is 15.2 Å². The molecule has 0 atom stereocenters. The SMILES string of the molecule is COCCCOc1nc(N)nc(C)c1[N+](=O)[O-]. The highest BCUT2D eigenvalue weighted by atomic mass is 16.6. The number of methoxy groups -OCH3 is 1. The van der Waals surface area contributed by atoms with Crippen molar-refractivity contribution in [3.63, 3.8) is 0 Å². The normalized spacial score (nSPS) is 10.2. The predicted octanol–water partition coefficient (Wildman–Crippen LogP) is 0.691. The molecule has 94 valence electrons. The average molecular weight is 242 g/mol. The first-order chi connectivity index (χ1) is 8.06. The number of hydrogen-bond acceptors (Lipinski definition) is 7. The number of nitrogens with zero attached hydrogens (tertiary/aromatic N) is 3. The smallest absolute Gasteiger partial charge is 0.352 e. The van der Waals surface area contributed by atoms with E-state index in [1.807, 2.05) is 0 Å². The molecule has 0 amide bonds. The summed E-state index contributed by atoms with van der Waals surface area (Å²) in [6.45, 7) is 2.26. The van der Waals surface area contributed by atoms with Crippen molar-refractivity contribution >= 4 is 11.6 Å². The molecule has 1 rings (SSSR count). The number of nitrogen functional groups attached to an aromatic ring is 1. The maximum atomic E-state index is 10.8. The number of rotatable bonds is 6. The van der Waals surface area contributed by atoms with Crippen LogP contribution in [-0.2, 0) is 4.74 Å². The van der Waals surface area contributed by atoms with E-state index in [-0.39, 0.29) is 29.8 Å². The van der Waals surface area contributed by atoms with Crippen molar-refractivity contribution in [1.82, 2.24) is 9.97 Å². The number of aryl methyl sites for hydroxylation is 1. The van der Waals surface area contributed by atoms with E-state index in [1.165, 1.54) is 6.92 Å². The second-order valence-corrected chi connectivity index (χ2v) is 3.27. The third-order valence-electron chi connectivity index (χ3n) is 1.96.